The summed E-state index contributed by atoms with van der Waals surface area (Å²) >= 11 is 0. The Morgan fingerprint density at radius 2 is 2.09 bits per heavy atom. The molecule has 22 heavy (non-hydrogen) atoms. The van der Waals surface area contributed by atoms with Crippen molar-refractivity contribution in [3.63, 3.8) is 0 Å². The molecule has 1 aliphatic rings. The van der Waals surface area contributed by atoms with Gasteiger partial charge in [-0.3, -0.25) is 4.68 Å². The van der Waals surface area contributed by atoms with E-state index in [2.05, 4.69) is 25.7 Å². The third-order valence-electron chi connectivity index (χ3n) is 4.09. The van der Waals surface area contributed by atoms with Crippen LogP contribution in [0.1, 0.15) is 39.0 Å². The van der Waals surface area contributed by atoms with Crippen LogP contribution < -0.4 is 10.6 Å². The first-order valence-corrected chi connectivity index (χ1v) is 8.01. The summed E-state index contributed by atoms with van der Waals surface area (Å²) in [6.45, 7) is 2.16. The molecule has 3 rings (SSSR count). The van der Waals surface area contributed by atoms with E-state index in [1.165, 1.54) is 32.1 Å². The molecule has 2 aromatic rings. The summed E-state index contributed by atoms with van der Waals surface area (Å²) in [5.74, 6) is 1.36. The fraction of sp³-hybridized carbons (Fsp3) is 0.667. The zero-order chi connectivity index (χ0) is 15.5. The molecular weight excluding hydrogens is 280 g/mol. The van der Waals surface area contributed by atoms with Gasteiger partial charge >= 0.3 is 0 Å². The van der Waals surface area contributed by atoms with Gasteiger partial charge in [-0.25, -0.2) is 0 Å². The number of aliphatic hydroxyl groups is 1. The highest BCUT2D eigenvalue weighted by atomic mass is 16.3. The molecule has 3 N–H and O–H groups in total. The lowest BCUT2D eigenvalue weighted by atomic mass is 9.95. The van der Waals surface area contributed by atoms with Crippen LogP contribution in [0.25, 0.3) is 11.0 Å². The van der Waals surface area contributed by atoms with E-state index in [4.69, 9.17) is 0 Å². The van der Waals surface area contributed by atoms with Gasteiger partial charge in [-0.05, 0) is 19.8 Å². The van der Waals surface area contributed by atoms with Gasteiger partial charge in [0, 0.05) is 19.6 Å². The van der Waals surface area contributed by atoms with E-state index in [9.17, 15) is 5.11 Å². The summed E-state index contributed by atoms with van der Waals surface area (Å²) in [5.41, 5.74) is 0.793. The highest BCUT2D eigenvalue weighted by molar-refractivity contribution is 5.87. The maximum atomic E-state index is 9.42. The molecule has 1 fully saturated rings. The molecule has 0 aliphatic heterocycles. The van der Waals surface area contributed by atoms with Crippen molar-refractivity contribution in [2.45, 2.75) is 51.2 Å². The first-order valence-electron chi connectivity index (χ1n) is 8.01. The van der Waals surface area contributed by atoms with Gasteiger partial charge in [0.2, 0.25) is 5.95 Å². The van der Waals surface area contributed by atoms with E-state index in [1.54, 1.807) is 17.8 Å². The number of anilines is 2. The van der Waals surface area contributed by atoms with Crippen LogP contribution in [0.3, 0.4) is 0 Å². The summed E-state index contributed by atoms with van der Waals surface area (Å²) in [7, 11) is 1.87. The second-order valence-electron chi connectivity index (χ2n) is 6.11. The van der Waals surface area contributed by atoms with E-state index in [1.807, 2.05) is 7.05 Å². The lowest BCUT2D eigenvalue weighted by molar-refractivity contribution is 0.208. The van der Waals surface area contributed by atoms with E-state index >= 15 is 0 Å². The number of hydrogen-bond acceptors (Lipinski definition) is 6. The van der Waals surface area contributed by atoms with Crippen molar-refractivity contribution in [1.82, 2.24) is 19.7 Å². The normalized spacial score (nSPS) is 17.6. The molecule has 1 aliphatic carbocycles. The third kappa shape index (κ3) is 3.30. The van der Waals surface area contributed by atoms with Crippen molar-refractivity contribution in [3.8, 4) is 0 Å². The van der Waals surface area contributed by atoms with Crippen molar-refractivity contribution >= 4 is 22.8 Å². The number of nitrogens with one attached hydrogen (secondary N) is 2. The molecule has 7 heteroatoms. The summed E-state index contributed by atoms with van der Waals surface area (Å²) in [6.07, 6.45) is 7.59. The Labute approximate surface area is 130 Å². The largest absolute Gasteiger partial charge is 0.392 e. The van der Waals surface area contributed by atoms with Crippen LogP contribution in [0.4, 0.5) is 11.8 Å². The number of fused-ring (bicyclic) bond motifs is 1. The minimum atomic E-state index is -0.444. The quantitative estimate of drug-likeness (QED) is 0.782. The Morgan fingerprint density at radius 3 is 2.82 bits per heavy atom. The predicted molar refractivity (Wildman–Crippen MR) is 87.0 cm³/mol. The molecule has 0 saturated heterocycles. The van der Waals surface area contributed by atoms with Crippen LogP contribution >= 0.6 is 0 Å². The molecular formula is C15H24N6O. The topological polar surface area (TPSA) is 87.9 Å². The average molecular weight is 304 g/mol. The molecule has 0 unspecified atom stereocenters. The first kappa shape index (κ1) is 15.0. The van der Waals surface area contributed by atoms with Gasteiger partial charge in [0.15, 0.2) is 5.65 Å². The van der Waals surface area contributed by atoms with Crippen molar-refractivity contribution in [3.05, 3.63) is 6.20 Å². The zero-order valence-electron chi connectivity index (χ0n) is 13.2. The predicted octanol–water partition coefficient (Wildman–Crippen LogP) is 1.90. The molecule has 1 atom stereocenters. The van der Waals surface area contributed by atoms with Crippen LogP contribution in [0, 0.1) is 0 Å². The van der Waals surface area contributed by atoms with Crippen molar-refractivity contribution < 1.29 is 5.11 Å². The second kappa shape index (κ2) is 6.48. The lowest BCUT2D eigenvalue weighted by Crippen LogP contribution is -2.23. The van der Waals surface area contributed by atoms with Gasteiger partial charge in [-0.2, -0.15) is 15.1 Å². The van der Waals surface area contributed by atoms with Crippen LogP contribution in [-0.2, 0) is 7.05 Å². The summed E-state index contributed by atoms with van der Waals surface area (Å²) in [6, 6.07) is 0.469. The Morgan fingerprint density at radius 1 is 1.32 bits per heavy atom. The van der Waals surface area contributed by atoms with Gasteiger partial charge in [-0.15, -0.1) is 0 Å². The standard InChI is InChI=1S/C15H24N6O/c1-10(22)8-16-15-19-13(18-11-6-4-3-5-7-11)12-9-17-21(2)14(12)20-15/h9-11,22H,3-8H2,1-2H3,(H2,16,18,19,20)/t10-/m0/s1. The monoisotopic (exact) mass is 304 g/mol. The fourth-order valence-corrected chi connectivity index (χ4v) is 2.89. The molecule has 2 heterocycles. The highest BCUT2D eigenvalue weighted by Gasteiger charge is 2.17. The van der Waals surface area contributed by atoms with E-state index < -0.39 is 6.10 Å². The maximum absolute atomic E-state index is 9.42. The third-order valence-corrected chi connectivity index (χ3v) is 4.09. The lowest BCUT2D eigenvalue weighted by Gasteiger charge is -2.23. The van der Waals surface area contributed by atoms with Gasteiger partial charge in [0.25, 0.3) is 0 Å². The molecule has 7 nitrogen and oxygen atoms in total. The van der Waals surface area contributed by atoms with E-state index in [0.717, 1.165) is 16.9 Å². The van der Waals surface area contributed by atoms with Crippen molar-refractivity contribution in [2.24, 2.45) is 7.05 Å². The van der Waals surface area contributed by atoms with Crippen molar-refractivity contribution in [2.75, 3.05) is 17.2 Å². The number of rotatable bonds is 5. The molecule has 2 aromatic heterocycles. The number of nitrogens with zero attached hydrogens (tertiary/aromatic N) is 4. The Hall–Kier alpha value is -1.89. The highest BCUT2D eigenvalue weighted by Crippen LogP contribution is 2.26. The molecule has 0 aromatic carbocycles. The summed E-state index contributed by atoms with van der Waals surface area (Å²) in [5, 5.41) is 21.3. The second-order valence-corrected chi connectivity index (χ2v) is 6.11. The van der Waals surface area contributed by atoms with Crippen LogP contribution in [-0.4, -0.2) is 43.5 Å². The molecule has 0 spiro atoms. The Bertz CT molecular complexity index is 632. The smallest absolute Gasteiger partial charge is 0.226 e. The number of aliphatic hydroxyl groups excluding tert-OH is 1. The van der Waals surface area contributed by atoms with Crippen LogP contribution in [0.15, 0.2) is 6.20 Å². The van der Waals surface area contributed by atoms with Gasteiger partial charge in [-0.1, -0.05) is 19.3 Å². The summed E-state index contributed by atoms with van der Waals surface area (Å²) < 4.78 is 1.75. The van der Waals surface area contributed by atoms with E-state index in [0.29, 0.717) is 18.5 Å². The molecule has 120 valence electrons. The minimum absolute atomic E-state index is 0.423. The number of aromatic nitrogens is 4. The number of aryl methyl sites for hydroxylation is 1. The van der Waals surface area contributed by atoms with Gasteiger partial charge < -0.3 is 15.7 Å². The van der Waals surface area contributed by atoms with Crippen molar-refractivity contribution in [1.29, 1.82) is 0 Å². The van der Waals surface area contributed by atoms with Crippen LogP contribution in [0.5, 0.6) is 0 Å². The molecule has 1 saturated carbocycles. The van der Waals surface area contributed by atoms with Crippen LogP contribution in [0.2, 0.25) is 0 Å². The maximum Gasteiger partial charge on any atom is 0.226 e. The Kier molecular flexibility index (Phi) is 4.42. The number of hydrogen-bond donors (Lipinski definition) is 3. The minimum Gasteiger partial charge on any atom is -0.392 e. The van der Waals surface area contributed by atoms with Gasteiger partial charge in [0.05, 0.1) is 17.7 Å². The van der Waals surface area contributed by atoms with E-state index in [-0.39, 0.29) is 0 Å². The Balaban J connectivity index is 1.88. The average Bonchev–Trinajstić information content (AvgIpc) is 2.88. The molecule has 0 radical (unpaired) electrons. The summed E-state index contributed by atoms with van der Waals surface area (Å²) in [4.78, 5) is 9.07. The first-order chi connectivity index (χ1) is 10.6. The SMILES string of the molecule is C[C@H](O)CNc1nc(NC2CCCCC2)c2cnn(C)c2n1. The fourth-order valence-electron chi connectivity index (χ4n) is 2.89. The molecule has 0 bridgehead atoms. The zero-order valence-corrected chi connectivity index (χ0v) is 13.2. The van der Waals surface area contributed by atoms with Gasteiger partial charge in [0.1, 0.15) is 5.82 Å². The molecule has 0 amide bonds.